The van der Waals surface area contributed by atoms with Crippen LogP contribution in [-0.2, 0) is 0 Å². The fraction of sp³-hybridized carbons (Fsp3) is 0.389. The molecule has 0 fully saturated rings. The summed E-state index contributed by atoms with van der Waals surface area (Å²) in [6, 6.07) is 8.13. The van der Waals surface area contributed by atoms with Crippen LogP contribution in [0.5, 0.6) is 5.75 Å². The van der Waals surface area contributed by atoms with Crippen LogP contribution in [0.25, 0.3) is 10.8 Å². The van der Waals surface area contributed by atoms with Crippen molar-refractivity contribution in [3.8, 4) is 5.75 Å². The van der Waals surface area contributed by atoms with Crippen molar-refractivity contribution in [1.29, 1.82) is 0 Å². The van der Waals surface area contributed by atoms with E-state index in [0.29, 0.717) is 0 Å². The predicted molar refractivity (Wildman–Crippen MR) is 88.0 cm³/mol. The van der Waals surface area contributed by atoms with Crippen LogP contribution in [0.4, 0.5) is 5.82 Å². The van der Waals surface area contributed by atoms with Crippen LogP contribution in [0.2, 0.25) is 0 Å². The lowest BCUT2D eigenvalue weighted by molar-refractivity contribution is 0.415. The van der Waals surface area contributed by atoms with Gasteiger partial charge < -0.3 is 10.1 Å². The zero-order valence-electron chi connectivity index (χ0n) is 12.6. The van der Waals surface area contributed by atoms with Gasteiger partial charge in [-0.25, -0.2) is 4.98 Å². The summed E-state index contributed by atoms with van der Waals surface area (Å²) >= 11 is 0. The Hall–Kier alpha value is -2.03. The third-order valence-electron chi connectivity index (χ3n) is 4.10. The number of aromatic nitrogens is 1. The molecular weight excluding hydrogens is 260 g/mol. The predicted octanol–water partition coefficient (Wildman–Crippen LogP) is 4.55. The average molecular weight is 282 g/mol. The Morgan fingerprint density at radius 3 is 3.00 bits per heavy atom. The van der Waals surface area contributed by atoms with E-state index in [4.69, 9.17) is 4.74 Å². The molecule has 1 aromatic heterocycles. The molecule has 3 rings (SSSR count). The molecule has 1 aliphatic carbocycles. The third kappa shape index (κ3) is 3.35. The average Bonchev–Trinajstić information content (AvgIpc) is 2.55. The summed E-state index contributed by atoms with van der Waals surface area (Å²) in [5, 5.41) is 5.78. The molecule has 0 atom stereocenters. The number of pyridine rings is 1. The van der Waals surface area contributed by atoms with Gasteiger partial charge in [0, 0.05) is 18.1 Å². The SMILES string of the molecule is COc1ccc2c(NCCC3=CCCCC3)nccc2c1. The van der Waals surface area contributed by atoms with Crippen molar-refractivity contribution in [1.82, 2.24) is 4.98 Å². The van der Waals surface area contributed by atoms with Crippen LogP contribution in [0.15, 0.2) is 42.1 Å². The number of allylic oxidation sites excluding steroid dienone is 1. The van der Waals surface area contributed by atoms with E-state index in [0.717, 1.165) is 35.3 Å². The number of hydrogen-bond donors (Lipinski definition) is 1. The summed E-state index contributed by atoms with van der Waals surface area (Å²) in [6.07, 6.45) is 10.6. The lowest BCUT2D eigenvalue weighted by atomic mass is 9.97. The summed E-state index contributed by atoms with van der Waals surface area (Å²) in [7, 11) is 1.69. The van der Waals surface area contributed by atoms with Crippen LogP contribution >= 0.6 is 0 Å². The topological polar surface area (TPSA) is 34.1 Å². The molecule has 1 aliphatic rings. The first-order valence-corrected chi connectivity index (χ1v) is 7.71. The number of hydrogen-bond acceptors (Lipinski definition) is 3. The van der Waals surface area contributed by atoms with Gasteiger partial charge in [-0.3, -0.25) is 0 Å². The number of ether oxygens (including phenoxy) is 1. The van der Waals surface area contributed by atoms with Gasteiger partial charge in [0.25, 0.3) is 0 Å². The zero-order valence-corrected chi connectivity index (χ0v) is 12.6. The molecule has 21 heavy (non-hydrogen) atoms. The summed E-state index contributed by atoms with van der Waals surface area (Å²) < 4.78 is 5.27. The van der Waals surface area contributed by atoms with Crippen molar-refractivity contribution in [3.05, 3.63) is 42.1 Å². The number of methoxy groups -OCH3 is 1. The van der Waals surface area contributed by atoms with Crippen LogP contribution in [0.1, 0.15) is 32.1 Å². The summed E-state index contributed by atoms with van der Waals surface area (Å²) in [6.45, 7) is 0.948. The molecule has 0 saturated carbocycles. The maximum Gasteiger partial charge on any atom is 0.133 e. The highest BCUT2D eigenvalue weighted by molar-refractivity contribution is 5.92. The van der Waals surface area contributed by atoms with Gasteiger partial charge in [-0.2, -0.15) is 0 Å². The number of nitrogens with zero attached hydrogens (tertiary/aromatic N) is 1. The lowest BCUT2D eigenvalue weighted by Crippen LogP contribution is -2.06. The van der Waals surface area contributed by atoms with Crippen LogP contribution < -0.4 is 10.1 Å². The number of nitrogens with one attached hydrogen (secondary N) is 1. The number of rotatable bonds is 5. The molecular formula is C18H22N2O. The second-order valence-corrected chi connectivity index (χ2v) is 5.53. The third-order valence-corrected chi connectivity index (χ3v) is 4.10. The number of fused-ring (bicyclic) bond motifs is 1. The van der Waals surface area contributed by atoms with Gasteiger partial charge in [0.1, 0.15) is 11.6 Å². The summed E-state index contributed by atoms with van der Waals surface area (Å²) in [4.78, 5) is 4.47. The van der Waals surface area contributed by atoms with Crippen molar-refractivity contribution in [2.45, 2.75) is 32.1 Å². The summed E-state index contributed by atoms with van der Waals surface area (Å²) in [5.41, 5.74) is 1.59. The fourth-order valence-corrected chi connectivity index (χ4v) is 2.90. The molecule has 0 radical (unpaired) electrons. The minimum absolute atomic E-state index is 0.881. The molecule has 2 aromatic rings. The van der Waals surface area contributed by atoms with Crippen molar-refractivity contribution in [2.24, 2.45) is 0 Å². The highest BCUT2D eigenvalue weighted by atomic mass is 16.5. The summed E-state index contributed by atoms with van der Waals surface area (Å²) in [5.74, 6) is 1.85. The minimum atomic E-state index is 0.881. The normalized spacial score (nSPS) is 14.8. The highest BCUT2D eigenvalue weighted by Gasteiger charge is 2.06. The smallest absolute Gasteiger partial charge is 0.133 e. The Labute approximate surface area is 126 Å². The van der Waals surface area contributed by atoms with Crippen molar-refractivity contribution in [3.63, 3.8) is 0 Å². The molecule has 3 heteroatoms. The second kappa shape index (κ2) is 6.61. The maximum atomic E-state index is 5.27. The zero-order chi connectivity index (χ0) is 14.5. The molecule has 0 aliphatic heterocycles. The van der Waals surface area contributed by atoms with Crippen molar-refractivity contribution >= 4 is 16.6 Å². The number of benzene rings is 1. The molecule has 1 N–H and O–H groups in total. The van der Waals surface area contributed by atoms with Crippen LogP contribution in [-0.4, -0.2) is 18.6 Å². The first-order chi connectivity index (χ1) is 10.4. The van der Waals surface area contributed by atoms with Crippen LogP contribution in [0.3, 0.4) is 0 Å². The monoisotopic (exact) mass is 282 g/mol. The molecule has 0 amide bonds. The Bertz CT molecular complexity index is 649. The molecule has 1 heterocycles. The molecule has 0 spiro atoms. The first kappa shape index (κ1) is 13.9. The highest BCUT2D eigenvalue weighted by Crippen LogP contribution is 2.26. The van der Waals surface area contributed by atoms with E-state index >= 15 is 0 Å². The van der Waals surface area contributed by atoms with Gasteiger partial charge in [0.15, 0.2) is 0 Å². The molecule has 0 unspecified atom stereocenters. The van der Waals surface area contributed by atoms with E-state index in [9.17, 15) is 0 Å². The van der Waals surface area contributed by atoms with E-state index in [1.165, 1.54) is 25.7 Å². The molecule has 0 saturated heterocycles. The second-order valence-electron chi connectivity index (χ2n) is 5.53. The molecule has 110 valence electrons. The van der Waals surface area contributed by atoms with E-state index in [1.807, 2.05) is 24.4 Å². The van der Waals surface area contributed by atoms with E-state index in [-0.39, 0.29) is 0 Å². The Kier molecular flexibility index (Phi) is 4.39. The van der Waals surface area contributed by atoms with Crippen LogP contribution in [0, 0.1) is 0 Å². The van der Waals surface area contributed by atoms with Gasteiger partial charge in [0.05, 0.1) is 7.11 Å². The maximum absolute atomic E-state index is 5.27. The Morgan fingerprint density at radius 2 is 2.19 bits per heavy atom. The van der Waals surface area contributed by atoms with E-state index in [1.54, 1.807) is 12.7 Å². The van der Waals surface area contributed by atoms with E-state index < -0.39 is 0 Å². The van der Waals surface area contributed by atoms with Gasteiger partial charge in [-0.05, 0) is 61.8 Å². The number of anilines is 1. The molecule has 3 nitrogen and oxygen atoms in total. The quantitative estimate of drug-likeness (QED) is 0.817. The Balaban J connectivity index is 1.70. The van der Waals surface area contributed by atoms with E-state index in [2.05, 4.69) is 22.4 Å². The first-order valence-electron chi connectivity index (χ1n) is 7.71. The van der Waals surface area contributed by atoms with Crippen molar-refractivity contribution in [2.75, 3.05) is 19.0 Å². The minimum Gasteiger partial charge on any atom is -0.497 e. The fourth-order valence-electron chi connectivity index (χ4n) is 2.90. The van der Waals surface area contributed by atoms with Gasteiger partial charge in [0.2, 0.25) is 0 Å². The lowest BCUT2D eigenvalue weighted by Gasteiger charge is -2.14. The largest absolute Gasteiger partial charge is 0.497 e. The van der Waals surface area contributed by atoms with Crippen molar-refractivity contribution < 1.29 is 4.74 Å². The molecule has 0 bridgehead atoms. The van der Waals surface area contributed by atoms with Gasteiger partial charge in [-0.1, -0.05) is 11.6 Å². The molecule has 1 aromatic carbocycles. The van der Waals surface area contributed by atoms with Gasteiger partial charge >= 0.3 is 0 Å². The Morgan fingerprint density at radius 1 is 1.24 bits per heavy atom. The standard InChI is InChI=1S/C18H22N2O/c1-21-16-7-8-17-15(13-16)10-12-20-18(17)19-11-9-14-5-3-2-4-6-14/h5,7-8,10,12-13H,2-4,6,9,11H2,1H3,(H,19,20). The van der Waals surface area contributed by atoms with Gasteiger partial charge in [-0.15, -0.1) is 0 Å².